The molecule has 9 heteroatoms. The normalized spacial score (nSPS) is 11.2. The Morgan fingerprint density at radius 1 is 1.00 bits per heavy atom. The number of benzene rings is 3. The highest BCUT2D eigenvalue weighted by atomic mass is 35.5. The summed E-state index contributed by atoms with van der Waals surface area (Å²) in [5, 5.41) is -0.0546. The van der Waals surface area contributed by atoms with Gasteiger partial charge in [0.25, 0.3) is 0 Å². The summed E-state index contributed by atoms with van der Waals surface area (Å²) in [7, 11) is -2.99. The Morgan fingerprint density at radius 3 is 2.39 bits per heavy atom. The van der Waals surface area contributed by atoms with Crippen molar-refractivity contribution in [1.82, 2.24) is 0 Å². The zero-order valence-corrected chi connectivity index (χ0v) is 18.6. The molecule has 3 rings (SSSR count). The van der Waals surface area contributed by atoms with E-state index in [1.165, 1.54) is 18.2 Å². The summed E-state index contributed by atoms with van der Waals surface area (Å²) in [4.78, 5) is 11.1. The van der Waals surface area contributed by atoms with Crippen LogP contribution in [0.5, 0.6) is 5.75 Å². The maximum absolute atomic E-state index is 14.5. The highest BCUT2D eigenvalue weighted by molar-refractivity contribution is 7.90. The lowest BCUT2D eigenvalue weighted by atomic mass is 10.0. The van der Waals surface area contributed by atoms with Gasteiger partial charge in [-0.25, -0.2) is 17.6 Å². The first kappa shape index (κ1) is 23.1. The smallest absolute Gasteiger partial charge is 0.343 e. The number of hydrogen-bond acceptors (Lipinski definition) is 5. The van der Waals surface area contributed by atoms with Gasteiger partial charge in [-0.1, -0.05) is 59.6 Å². The number of halogens is 3. The van der Waals surface area contributed by atoms with Gasteiger partial charge >= 0.3 is 5.97 Å². The number of sulfone groups is 1. The van der Waals surface area contributed by atoms with E-state index in [1.807, 2.05) is 30.3 Å². The van der Waals surface area contributed by atoms with E-state index >= 15 is 0 Å². The molecule has 0 unspecified atom stereocenters. The Bertz CT molecular complexity index is 1210. The second-order valence-electron chi connectivity index (χ2n) is 6.51. The maximum atomic E-state index is 14.5. The number of carbonyl (C=O) groups excluding carboxylic acids is 1. The summed E-state index contributed by atoms with van der Waals surface area (Å²) in [6, 6.07) is 15.9. The standard InChI is InChI=1S/C22H17Cl2FO5S/c1-29-21(26)12-30-22-18(24)10-17(23)11-20(22)31(27,28)13-16-9-15(7-8-19(16)25)14-5-3-2-4-6-14/h2-11H,12-13H2,1H3. The lowest BCUT2D eigenvalue weighted by Crippen LogP contribution is -2.15. The molecule has 162 valence electrons. The molecule has 31 heavy (non-hydrogen) atoms. The molecule has 0 spiro atoms. The molecule has 0 radical (unpaired) electrons. The van der Waals surface area contributed by atoms with Crippen LogP contribution in [-0.2, 0) is 25.1 Å². The minimum Gasteiger partial charge on any atom is -0.479 e. The molecule has 3 aromatic carbocycles. The Kier molecular flexibility index (Phi) is 7.20. The summed E-state index contributed by atoms with van der Waals surface area (Å²) in [6.07, 6.45) is 0. The van der Waals surface area contributed by atoms with Crippen molar-refractivity contribution < 1.29 is 27.1 Å². The van der Waals surface area contributed by atoms with E-state index < -0.39 is 34.0 Å². The molecule has 0 saturated carbocycles. The monoisotopic (exact) mass is 482 g/mol. The molecule has 0 aliphatic rings. The predicted octanol–water partition coefficient (Wildman–Crippen LogP) is 5.33. The van der Waals surface area contributed by atoms with Crippen LogP contribution >= 0.6 is 23.2 Å². The van der Waals surface area contributed by atoms with Crippen molar-refractivity contribution in [2.45, 2.75) is 10.6 Å². The third kappa shape index (κ3) is 5.55. The number of ether oxygens (including phenoxy) is 2. The molecule has 0 aliphatic carbocycles. The Hall–Kier alpha value is -2.61. The van der Waals surface area contributed by atoms with E-state index in [1.54, 1.807) is 6.07 Å². The summed E-state index contributed by atoms with van der Waals surface area (Å²) >= 11 is 12.1. The van der Waals surface area contributed by atoms with Gasteiger partial charge in [0.2, 0.25) is 0 Å². The van der Waals surface area contributed by atoms with Gasteiger partial charge in [0.15, 0.2) is 22.2 Å². The zero-order chi connectivity index (χ0) is 22.6. The highest BCUT2D eigenvalue weighted by Crippen LogP contribution is 2.37. The van der Waals surface area contributed by atoms with E-state index in [0.29, 0.717) is 5.56 Å². The second kappa shape index (κ2) is 9.68. The van der Waals surface area contributed by atoms with Gasteiger partial charge in [-0.05, 0) is 35.4 Å². The second-order valence-corrected chi connectivity index (χ2v) is 9.31. The lowest BCUT2D eigenvalue weighted by Gasteiger charge is -2.14. The van der Waals surface area contributed by atoms with Crippen LogP contribution in [0.3, 0.4) is 0 Å². The van der Waals surface area contributed by atoms with Gasteiger partial charge in [-0.3, -0.25) is 0 Å². The molecule has 0 N–H and O–H groups in total. The molecular weight excluding hydrogens is 466 g/mol. The number of carbonyl (C=O) groups is 1. The van der Waals surface area contributed by atoms with Crippen LogP contribution in [0.25, 0.3) is 11.1 Å². The fourth-order valence-corrected chi connectivity index (χ4v) is 5.09. The molecule has 0 bridgehead atoms. The fourth-order valence-electron chi connectivity index (χ4n) is 2.88. The highest BCUT2D eigenvalue weighted by Gasteiger charge is 2.26. The van der Waals surface area contributed by atoms with Crippen molar-refractivity contribution in [3.05, 3.63) is 82.1 Å². The van der Waals surface area contributed by atoms with Crippen molar-refractivity contribution in [2.75, 3.05) is 13.7 Å². The number of rotatable bonds is 7. The predicted molar refractivity (Wildman–Crippen MR) is 117 cm³/mol. The van der Waals surface area contributed by atoms with Crippen molar-refractivity contribution in [2.24, 2.45) is 0 Å². The minimum atomic E-state index is -4.15. The molecule has 0 fully saturated rings. The maximum Gasteiger partial charge on any atom is 0.343 e. The van der Waals surface area contributed by atoms with Crippen LogP contribution in [-0.4, -0.2) is 28.1 Å². The van der Waals surface area contributed by atoms with E-state index in [0.717, 1.165) is 18.7 Å². The van der Waals surface area contributed by atoms with Gasteiger partial charge in [0, 0.05) is 10.6 Å². The topological polar surface area (TPSA) is 69.7 Å². The first-order valence-corrected chi connectivity index (χ1v) is 11.4. The average molecular weight is 483 g/mol. The summed E-state index contributed by atoms with van der Waals surface area (Å²) < 4.78 is 50.6. The lowest BCUT2D eigenvalue weighted by molar-refractivity contribution is -0.142. The number of hydrogen-bond donors (Lipinski definition) is 0. The van der Waals surface area contributed by atoms with Gasteiger partial charge in [-0.15, -0.1) is 0 Å². The molecule has 0 aromatic heterocycles. The number of esters is 1. The van der Waals surface area contributed by atoms with Crippen molar-refractivity contribution in [3.8, 4) is 16.9 Å². The van der Waals surface area contributed by atoms with Crippen molar-refractivity contribution >= 4 is 39.0 Å². The molecule has 0 heterocycles. The molecule has 0 saturated heterocycles. The van der Waals surface area contributed by atoms with E-state index in [-0.39, 0.29) is 26.3 Å². The molecule has 0 amide bonds. The van der Waals surface area contributed by atoms with Crippen LogP contribution in [0.4, 0.5) is 4.39 Å². The van der Waals surface area contributed by atoms with E-state index in [9.17, 15) is 17.6 Å². The molecule has 3 aromatic rings. The van der Waals surface area contributed by atoms with Gasteiger partial charge < -0.3 is 9.47 Å². The quantitative estimate of drug-likeness (QED) is 0.426. The largest absolute Gasteiger partial charge is 0.479 e. The van der Waals surface area contributed by atoms with Crippen molar-refractivity contribution in [3.63, 3.8) is 0 Å². The van der Waals surface area contributed by atoms with Crippen molar-refractivity contribution in [1.29, 1.82) is 0 Å². The number of methoxy groups -OCH3 is 1. The first-order valence-electron chi connectivity index (χ1n) is 8.96. The minimum absolute atomic E-state index is 0.0311. The fraction of sp³-hybridized carbons (Fsp3) is 0.136. The van der Waals surface area contributed by atoms with Gasteiger partial charge in [0.1, 0.15) is 10.7 Å². The molecule has 0 atom stereocenters. The van der Waals surface area contributed by atoms with Crippen LogP contribution in [0, 0.1) is 5.82 Å². The zero-order valence-electron chi connectivity index (χ0n) is 16.3. The van der Waals surface area contributed by atoms with Gasteiger partial charge in [-0.2, -0.15) is 0 Å². The van der Waals surface area contributed by atoms with E-state index in [4.69, 9.17) is 27.9 Å². The third-order valence-corrected chi connectivity index (χ3v) is 6.53. The van der Waals surface area contributed by atoms with Crippen LogP contribution in [0.15, 0.2) is 65.6 Å². The third-order valence-electron chi connectivity index (χ3n) is 4.37. The van der Waals surface area contributed by atoms with Crippen LogP contribution in [0.1, 0.15) is 5.56 Å². The van der Waals surface area contributed by atoms with Crippen LogP contribution in [0.2, 0.25) is 10.0 Å². The Balaban J connectivity index is 2.00. The summed E-state index contributed by atoms with van der Waals surface area (Å²) in [6.45, 7) is -0.557. The Morgan fingerprint density at radius 2 is 1.71 bits per heavy atom. The van der Waals surface area contributed by atoms with Gasteiger partial charge in [0.05, 0.1) is 17.9 Å². The van der Waals surface area contributed by atoms with Crippen LogP contribution < -0.4 is 4.74 Å². The molecule has 0 aliphatic heterocycles. The SMILES string of the molecule is COC(=O)COc1c(Cl)cc(Cl)cc1S(=O)(=O)Cc1cc(-c2ccccc2)ccc1F. The Labute approximate surface area is 189 Å². The average Bonchev–Trinajstić information content (AvgIpc) is 2.74. The summed E-state index contributed by atoms with van der Waals surface area (Å²) in [5.74, 6) is -2.31. The summed E-state index contributed by atoms with van der Waals surface area (Å²) in [5.41, 5.74) is 1.45. The van der Waals surface area contributed by atoms with E-state index in [2.05, 4.69) is 4.74 Å². The first-order chi connectivity index (χ1) is 14.7. The molecular formula is C22H17Cl2FO5S. The molecule has 5 nitrogen and oxygen atoms in total.